The van der Waals surface area contributed by atoms with Gasteiger partial charge in [0.2, 0.25) is 0 Å². The van der Waals surface area contributed by atoms with Crippen LogP contribution in [0.1, 0.15) is 12.8 Å². The first-order chi connectivity index (χ1) is 4.45. The molecule has 0 spiro atoms. The average Bonchev–Trinajstić information content (AvgIpc) is 2.21. The summed E-state index contributed by atoms with van der Waals surface area (Å²) in [4.78, 5) is 0. The SMILES string of the molecule is C1CC2CNC[C]1CN2. The highest BCUT2D eigenvalue weighted by Crippen LogP contribution is 2.17. The molecule has 3 aliphatic rings. The van der Waals surface area contributed by atoms with Crippen molar-refractivity contribution in [3.8, 4) is 0 Å². The molecule has 3 saturated heterocycles. The van der Waals surface area contributed by atoms with E-state index in [1.165, 1.54) is 19.4 Å². The van der Waals surface area contributed by atoms with Crippen molar-refractivity contribution in [1.82, 2.24) is 10.6 Å². The van der Waals surface area contributed by atoms with Crippen LogP contribution >= 0.6 is 0 Å². The van der Waals surface area contributed by atoms with Crippen molar-refractivity contribution in [2.75, 3.05) is 19.6 Å². The minimum absolute atomic E-state index is 0.760. The highest BCUT2D eigenvalue weighted by Gasteiger charge is 2.23. The van der Waals surface area contributed by atoms with Gasteiger partial charge in [-0.15, -0.1) is 0 Å². The van der Waals surface area contributed by atoms with Gasteiger partial charge in [-0.05, 0) is 12.8 Å². The van der Waals surface area contributed by atoms with Crippen LogP contribution in [0.15, 0.2) is 0 Å². The predicted octanol–water partition coefficient (Wildman–Crippen LogP) is -0.0839. The van der Waals surface area contributed by atoms with E-state index in [2.05, 4.69) is 10.6 Å². The molecule has 2 nitrogen and oxygen atoms in total. The molecule has 3 aliphatic heterocycles. The van der Waals surface area contributed by atoms with Crippen LogP contribution in [0, 0.1) is 5.92 Å². The van der Waals surface area contributed by atoms with Gasteiger partial charge in [0.15, 0.2) is 0 Å². The van der Waals surface area contributed by atoms with Crippen LogP contribution in [-0.4, -0.2) is 25.7 Å². The third-order valence-electron chi connectivity index (χ3n) is 2.25. The van der Waals surface area contributed by atoms with Gasteiger partial charge in [0.25, 0.3) is 0 Å². The number of nitrogens with one attached hydrogen (secondary N) is 2. The van der Waals surface area contributed by atoms with Crippen molar-refractivity contribution in [2.24, 2.45) is 0 Å². The molecule has 2 heteroatoms. The van der Waals surface area contributed by atoms with E-state index in [4.69, 9.17) is 0 Å². The molecule has 2 N–H and O–H groups in total. The summed E-state index contributed by atoms with van der Waals surface area (Å²) >= 11 is 0. The smallest absolute Gasteiger partial charge is 0.0192 e. The highest BCUT2D eigenvalue weighted by atomic mass is 15.0. The van der Waals surface area contributed by atoms with Crippen LogP contribution < -0.4 is 10.6 Å². The summed E-state index contributed by atoms with van der Waals surface area (Å²) in [6.45, 7) is 3.49. The Kier molecular flexibility index (Phi) is 1.44. The quantitative estimate of drug-likeness (QED) is 0.473. The van der Waals surface area contributed by atoms with Gasteiger partial charge < -0.3 is 10.6 Å². The average molecular weight is 125 g/mol. The first-order valence-corrected chi connectivity index (χ1v) is 3.73. The summed E-state index contributed by atoms with van der Waals surface area (Å²) in [6.07, 6.45) is 2.70. The van der Waals surface area contributed by atoms with Crippen molar-refractivity contribution in [2.45, 2.75) is 18.9 Å². The lowest BCUT2D eigenvalue weighted by atomic mass is 9.97. The maximum absolute atomic E-state index is 3.48. The molecular formula is C7H13N2. The Morgan fingerprint density at radius 3 is 3.11 bits per heavy atom. The van der Waals surface area contributed by atoms with E-state index in [0.29, 0.717) is 0 Å². The fraction of sp³-hybridized carbons (Fsp3) is 0.857. The van der Waals surface area contributed by atoms with E-state index in [0.717, 1.165) is 19.1 Å². The molecule has 0 aliphatic carbocycles. The Balaban J connectivity index is 2.03. The van der Waals surface area contributed by atoms with E-state index < -0.39 is 0 Å². The lowest BCUT2D eigenvalue weighted by Crippen LogP contribution is -2.38. The van der Waals surface area contributed by atoms with Gasteiger partial charge in [-0.25, -0.2) is 0 Å². The van der Waals surface area contributed by atoms with Crippen LogP contribution in [0.3, 0.4) is 0 Å². The van der Waals surface area contributed by atoms with Crippen LogP contribution in [-0.2, 0) is 0 Å². The number of hydrogen-bond donors (Lipinski definition) is 2. The van der Waals surface area contributed by atoms with Gasteiger partial charge in [0, 0.05) is 31.6 Å². The molecule has 1 atom stereocenters. The van der Waals surface area contributed by atoms with Gasteiger partial charge in [0.05, 0.1) is 0 Å². The molecule has 3 heterocycles. The van der Waals surface area contributed by atoms with Crippen LogP contribution in [0.4, 0.5) is 0 Å². The second-order valence-electron chi connectivity index (χ2n) is 3.00. The monoisotopic (exact) mass is 125 g/mol. The molecule has 0 saturated carbocycles. The maximum Gasteiger partial charge on any atom is 0.0192 e. The summed E-state index contributed by atoms with van der Waals surface area (Å²) in [7, 11) is 0. The third kappa shape index (κ3) is 1.10. The number of fused-ring (bicyclic) bond motifs is 4. The number of rotatable bonds is 0. The zero-order valence-corrected chi connectivity index (χ0v) is 5.61. The number of piperidine rings is 1. The zero-order chi connectivity index (χ0) is 6.10. The van der Waals surface area contributed by atoms with Gasteiger partial charge in [-0.1, -0.05) is 0 Å². The molecule has 0 aromatic heterocycles. The van der Waals surface area contributed by atoms with Crippen molar-refractivity contribution >= 4 is 0 Å². The molecule has 3 fully saturated rings. The second-order valence-corrected chi connectivity index (χ2v) is 3.00. The molecule has 1 unspecified atom stereocenters. The summed E-state index contributed by atoms with van der Waals surface area (Å²) in [6, 6.07) is 0.760. The lowest BCUT2D eigenvalue weighted by molar-refractivity contribution is 0.454. The fourth-order valence-corrected chi connectivity index (χ4v) is 1.61. The van der Waals surface area contributed by atoms with Gasteiger partial charge in [-0.3, -0.25) is 0 Å². The second kappa shape index (κ2) is 2.27. The lowest BCUT2D eigenvalue weighted by Gasteiger charge is -2.22. The zero-order valence-electron chi connectivity index (χ0n) is 5.61. The summed E-state index contributed by atoms with van der Waals surface area (Å²) in [5.74, 6) is 1.66. The summed E-state index contributed by atoms with van der Waals surface area (Å²) < 4.78 is 0. The largest absolute Gasteiger partial charge is 0.315 e. The standard InChI is InChI=1S/C7H13N2/c1-2-7-5-8-3-6(1)4-9-7/h7-9H,1-5H2. The molecule has 9 heavy (non-hydrogen) atoms. The van der Waals surface area contributed by atoms with E-state index in [1.807, 2.05) is 0 Å². The van der Waals surface area contributed by atoms with Gasteiger partial charge in [-0.2, -0.15) is 0 Å². The van der Waals surface area contributed by atoms with Gasteiger partial charge >= 0.3 is 0 Å². The van der Waals surface area contributed by atoms with Gasteiger partial charge in [0.1, 0.15) is 0 Å². The Bertz CT molecular complexity index is 77.6. The predicted molar refractivity (Wildman–Crippen MR) is 37.1 cm³/mol. The van der Waals surface area contributed by atoms with Crippen molar-refractivity contribution in [1.29, 1.82) is 0 Å². The Morgan fingerprint density at radius 2 is 2.33 bits per heavy atom. The van der Waals surface area contributed by atoms with E-state index >= 15 is 0 Å². The third-order valence-corrected chi connectivity index (χ3v) is 2.25. The topological polar surface area (TPSA) is 24.1 Å². The normalized spacial score (nSPS) is 36.7. The Labute approximate surface area is 56.0 Å². The van der Waals surface area contributed by atoms with Crippen molar-refractivity contribution < 1.29 is 0 Å². The van der Waals surface area contributed by atoms with Crippen LogP contribution in [0.25, 0.3) is 0 Å². The molecule has 0 aromatic rings. The Hall–Kier alpha value is -0.0800. The Morgan fingerprint density at radius 1 is 1.33 bits per heavy atom. The molecule has 51 valence electrons. The van der Waals surface area contributed by atoms with Crippen LogP contribution in [0.5, 0.6) is 0 Å². The minimum atomic E-state index is 0.760. The minimum Gasteiger partial charge on any atom is -0.315 e. The van der Waals surface area contributed by atoms with Crippen molar-refractivity contribution in [3.63, 3.8) is 0 Å². The molecule has 2 bridgehead atoms. The first kappa shape index (κ1) is 5.69. The highest BCUT2D eigenvalue weighted by molar-refractivity contribution is 5.03. The molecule has 1 radical (unpaired) electrons. The van der Waals surface area contributed by atoms with Crippen molar-refractivity contribution in [3.05, 3.63) is 5.92 Å². The summed E-state index contributed by atoms with van der Waals surface area (Å²) in [5.41, 5.74) is 0. The molecule has 0 amide bonds. The maximum atomic E-state index is 3.48. The molecule has 0 aromatic carbocycles. The molecular weight excluding hydrogens is 112 g/mol. The fourth-order valence-electron chi connectivity index (χ4n) is 1.61. The summed E-state index contributed by atoms with van der Waals surface area (Å²) in [5, 5.41) is 6.89. The van der Waals surface area contributed by atoms with E-state index in [9.17, 15) is 0 Å². The van der Waals surface area contributed by atoms with E-state index in [-0.39, 0.29) is 0 Å². The number of hydrogen-bond acceptors (Lipinski definition) is 2. The first-order valence-electron chi connectivity index (χ1n) is 3.73. The van der Waals surface area contributed by atoms with Crippen LogP contribution in [0.2, 0.25) is 0 Å². The van der Waals surface area contributed by atoms with E-state index in [1.54, 1.807) is 5.92 Å². The molecule has 3 rings (SSSR count).